The number of hydrogen-bond donors (Lipinski definition) is 5. The molecule has 0 saturated carbocycles. The van der Waals surface area contributed by atoms with Gasteiger partial charge in [-0.25, -0.2) is 19.6 Å². The van der Waals surface area contributed by atoms with Crippen molar-refractivity contribution in [2.75, 3.05) is 6.54 Å². The highest BCUT2D eigenvalue weighted by Gasteiger charge is 2.27. The lowest BCUT2D eigenvalue weighted by Gasteiger charge is -2.20. The first-order valence-corrected chi connectivity index (χ1v) is 9.30. The van der Waals surface area contributed by atoms with Crippen molar-refractivity contribution in [3.05, 3.63) is 41.5 Å². The van der Waals surface area contributed by atoms with E-state index in [2.05, 4.69) is 20.6 Å². The van der Waals surface area contributed by atoms with Crippen LogP contribution in [0.1, 0.15) is 24.2 Å². The smallest absolute Gasteiger partial charge is 0.389 e. The van der Waals surface area contributed by atoms with Crippen LogP contribution in [0.4, 0.5) is 22.0 Å². The highest BCUT2D eigenvalue weighted by atomic mass is 19.4. The second-order valence-corrected chi connectivity index (χ2v) is 6.70. The van der Waals surface area contributed by atoms with Gasteiger partial charge in [0.2, 0.25) is 5.91 Å². The average molecular weight is 463 g/mol. The van der Waals surface area contributed by atoms with E-state index in [0.29, 0.717) is 27.4 Å². The van der Waals surface area contributed by atoms with Gasteiger partial charge < -0.3 is 21.4 Å². The summed E-state index contributed by atoms with van der Waals surface area (Å²) in [6, 6.07) is 4.92. The van der Waals surface area contributed by atoms with E-state index in [1.165, 1.54) is 0 Å². The number of aromatic nitrogens is 2. The number of rotatable bonds is 10. The monoisotopic (exact) mass is 463 g/mol. The van der Waals surface area contributed by atoms with Crippen LogP contribution in [0.2, 0.25) is 0 Å². The first-order chi connectivity index (χ1) is 15.0. The van der Waals surface area contributed by atoms with E-state index >= 15 is 0 Å². The number of fused-ring (bicyclic) bond motifs is 1. The van der Waals surface area contributed by atoms with Gasteiger partial charge in [0.15, 0.2) is 0 Å². The summed E-state index contributed by atoms with van der Waals surface area (Å²) >= 11 is 0. The predicted octanol–water partition coefficient (Wildman–Crippen LogP) is 1.38. The van der Waals surface area contributed by atoms with E-state index in [1.807, 2.05) is 0 Å². The van der Waals surface area contributed by atoms with Crippen molar-refractivity contribution < 1.29 is 31.5 Å². The summed E-state index contributed by atoms with van der Waals surface area (Å²) < 4.78 is 61.3. The van der Waals surface area contributed by atoms with E-state index in [-0.39, 0.29) is 18.8 Å². The molecule has 1 aromatic carbocycles. The molecule has 0 aliphatic heterocycles. The minimum absolute atomic E-state index is 0.0266. The van der Waals surface area contributed by atoms with Crippen LogP contribution in [-0.2, 0) is 22.7 Å². The minimum atomic E-state index is -4.40. The Kier molecular flexibility index (Phi) is 8.34. The quantitative estimate of drug-likeness (QED) is 0.156. The van der Waals surface area contributed by atoms with Crippen LogP contribution in [0.5, 0.6) is 0 Å². The van der Waals surface area contributed by atoms with Crippen LogP contribution < -0.4 is 22.2 Å². The molecule has 2 aromatic rings. The molecule has 0 atom stereocenters. The fourth-order valence-corrected chi connectivity index (χ4v) is 2.65. The standard InChI is InChI=1S/C18H22F5N7O2/c19-14(20)9-30(25)13(6-24)17(32)27-8-15-28-11-2-1-10(5-12(11)29-15)7-26-16(31)3-4-18(21,22)23/h1-2,5-6,14H,3-4,7-9,24-25H2,(H,26,31)(H,27,32)(H,28,29)/b13-6-. The largest absolute Gasteiger partial charge is 0.403 e. The van der Waals surface area contributed by atoms with Crippen LogP contribution in [0.15, 0.2) is 30.1 Å². The van der Waals surface area contributed by atoms with Gasteiger partial charge in [-0.1, -0.05) is 6.07 Å². The molecular weight excluding hydrogens is 441 g/mol. The number of alkyl halides is 5. The van der Waals surface area contributed by atoms with Crippen LogP contribution in [0.25, 0.3) is 11.0 Å². The number of aromatic amines is 1. The summed E-state index contributed by atoms with van der Waals surface area (Å²) in [5, 5.41) is 5.39. The fourth-order valence-electron chi connectivity index (χ4n) is 2.65. The molecule has 176 valence electrons. The maximum absolute atomic E-state index is 12.4. The molecule has 1 heterocycles. The number of hydrogen-bond acceptors (Lipinski definition) is 6. The normalized spacial score (nSPS) is 12.3. The molecule has 0 radical (unpaired) electrons. The fraction of sp³-hybridized carbons (Fsp3) is 0.389. The molecule has 0 spiro atoms. The summed E-state index contributed by atoms with van der Waals surface area (Å²) in [4.78, 5) is 30.9. The first kappa shape index (κ1) is 24.8. The van der Waals surface area contributed by atoms with Crippen molar-refractivity contribution in [2.45, 2.75) is 38.5 Å². The Labute approximate surface area is 179 Å². The van der Waals surface area contributed by atoms with Crippen molar-refractivity contribution in [2.24, 2.45) is 11.6 Å². The van der Waals surface area contributed by atoms with Crippen molar-refractivity contribution in [1.82, 2.24) is 25.6 Å². The second kappa shape index (κ2) is 10.7. The van der Waals surface area contributed by atoms with E-state index < -0.39 is 43.8 Å². The number of imidazole rings is 1. The lowest BCUT2D eigenvalue weighted by atomic mass is 10.2. The zero-order valence-electron chi connectivity index (χ0n) is 16.7. The van der Waals surface area contributed by atoms with E-state index in [4.69, 9.17) is 11.6 Å². The number of nitrogens with two attached hydrogens (primary N) is 2. The number of nitrogens with zero attached hydrogens (tertiary/aromatic N) is 2. The zero-order chi connectivity index (χ0) is 23.9. The summed E-state index contributed by atoms with van der Waals surface area (Å²) in [6.45, 7) is -0.938. The predicted molar refractivity (Wildman–Crippen MR) is 104 cm³/mol. The minimum Gasteiger partial charge on any atom is -0.403 e. The van der Waals surface area contributed by atoms with Crippen molar-refractivity contribution in [1.29, 1.82) is 0 Å². The Hall–Kier alpha value is -3.42. The Morgan fingerprint density at radius 2 is 1.94 bits per heavy atom. The van der Waals surface area contributed by atoms with Crippen LogP contribution in [-0.4, -0.2) is 45.9 Å². The Morgan fingerprint density at radius 3 is 2.56 bits per heavy atom. The average Bonchev–Trinajstić information content (AvgIpc) is 3.10. The lowest BCUT2D eigenvalue weighted by Crippen LogP contribution is -2.42. The number of carbonyl (C=O) groups excluding carboxylic acids is 2. The summed E-state index contributed by atoms with van der Waals surface area (Å²) in [7, 11) is 0. The highest BCUT2D eigenvalue weighted by molar-refractivity contribution is 5.92. The van der Waals surface area contributed by atoms with Gasteiger partial charge >= 0.3 is 6.18 Å². The maximum Gasteiger partial charge on any atom is 0.389 e. The summed E-state index contributed by atoms with van der Waals surface area (Å²) in [6.07, 6.45) is -8.20. The number of amides is 2. The van der Waals surface area contributed by atoms with Gasteiger partial charge in [0.25, 0.3) is 12.3 Å². The van der Waals surface area contributed by atoms with Crippen LogP contribution in [0.3, 0.4) is 0 Å². The number of H-pyrrole nitrogens is 1. The van der Waals surface area contributed by atoms with Crippen LogP contribution in [0, 0.1) is 0 Å². The van der Waals surface area contributed by atoms with Gasteiger partial charge in [-0.15, -0.1) is 0 Å². The molecule has 0 aliphatic rings. The maximum atomic E-state index is 12.4. The van der Waals surface area contributed by atoms with Crippen molar-refractivity contribution >= 4 is 22.8 Å². The van der Waals surface area contributed by atoms with Crippen LogP contribution >= 0.6 is 0 Å². The molecule has 0 unspecified atom stereocenters. The van der Waals surface area contributed by atoms with E-state index in [0.717, 1.165) is 6.20 Å². The molecule has 0 saturated heterocycles. The van der Waals surface area contributed by atoms with Gasteiger partial charge in [0.05, 0.1) is 30.5 Å². The molecule has 2 amide bonds. The molecule has 0 aliphatic carbocycles. The molecule has 32 heavy (non-hydrogen) atoms. The number of carbonyl (C=O) groups is 2. The molecule has 2 rings (SSSR count). The molecule has 1 aromatic heterocycles. The third-order valence-corrected chi connectivity index (χ3v) is 4.17. The second-order valence-electron chi connectivity index (χ2n) is 6.70. The summed E-state index contributed by atoms with van der Waals surface area (Å²) in [5.41, 5.74) is 6.66. The third kappa shape index (κ3) is 7.68. The highest BCUT2D eigenvalue weighted by Crippen LogP contribution is 2.21. The Morgan fingerprint density at radius 1 is 1.22 bits per heavy atom. The van der Waals surface area contributed by atoms with Gasteiger partial charge in [-0.2, -0.15) is 13.2 Å². The molecule has 14 heteroatoms. The number of hydrazine groups is 1. The molecule has 7 N–H and O–H groups in total. The lowest BCUT2D eigenvalue weighted by molar-refractivity contribution is -0.144. The first-order valence-electron chi connectivity index (χ1n) is 9.30. The molecule has 0 bridgehead atoms. The van der Waals surface area contributed by atoms with Crippen molar-refractivity contribution in [3.63, 3.8) is 0 Å². The number of halogens is 5. The molecular formula is C18H22F5N7O2. The van der Waals surface area contributed by atoms with Gasteiger partial charge in [0.1, 0.15) is 11.5 Å². The van der Waals surface area contributed by atoms with E-state index in [1.54, 1.807) is 18.2 Å². The zero-order valence-corrected chi connectivity index (χ0v) is 16.7. The number of benzene rings is 1. The summed E-state index contributed by atoms with van der Waals surface area (Å²) in [5.74, 6) is 4.24. The van der Waals surface area contributed by atoms with Crippen molar-refractivity contribution in [3.8, 4) is 0 Å². The Bertz CT molecular complexity index is 974. The SMILES string of the molecule is N/C=C(/C(=O)NCc1nc2ccc(CNC(=O)CCC(F)(F)F)cc2[nH]1)N(N)CC(F)F. The molecule has 9 nitrogen and oxygen atoms in total. The molecule has 0 fully saturated rings. The van der Waals surface area contributed by atoms with Gasteiger partial charge in [-0.05, 0) is 17.7 Å². The van der Waals surface area contributed by atoms with Gasteiger partial charge in [0, 0.05) is 19.2 Å². The Balaban J connectivity index is 1.93. The topological polar surface area (TPSA) is 142 Å². The van der Waals surface area contributed by atoms with Gasteiger partial charge in [-0.3, -0.25) is 14.6 Å². The number of nitrogens with one attached hydrogen (secondary N) is 3. The van der Waals surface area contributed by atoms with E-state index in [9.17, 15) is 31.5 Å². The third-order valence-electron chi connectivity index (χ3n) is 4.17.